The number of anilines is 3. The Morgan fingerprint density at radius 1 is 1.00 bits per heavy atom. The van der Waals surface area contributed by atoms with Gasteiger partial charge in [0.1, 0.15) is 5.82 Å². The van der Waals surface area contributed by atoms with E-state index in [1.807, 2.05) is 42.5 Å². The van der Waals surface area contributed by atoms with Crippen LogP contribution in [-0.2, 0) is 9.47 Å². The first kappa shape index (κ1) is 20.3. The van der Waals surface area contributed by atoms with E-state index in [0.717, 1.165) is 24.2 Å². The molecule has 0 radical (unpaired) electrons. The Morgan fingerprint density at radius 3 is 2.59 bits per heavy atom. The monoisotopic (exact) mass is 392 g/mol. The number of nitrogens with zero attached hydrogens (tertiary/aromatic N) is 2. The van der Waals surface area contributed by atoms with Crippen molar-refractivity contribution >= 4 is 23.4 Å². The highest BCUT2D eigenvalue weighted by Crippen LogP contribution is 2.23. The molecule has 0 unspecified atom stereocenters. The molecule has 3 rings (SSSR count). The number of nitrogens with one attached hydrogen (secondary N) is 2. The van der Waals surface area contributed by atoms with Gasteiger partial charge in [0, 0.05) is 37.6 Å². The second-order valence-corrected chi connectivity index (χ2v) is 6.30. The third kappa shape index (κ3) is 5.76. The van der Waals surface area contributed by atoms with Crippen molar-refractivity contribution in [2.75, 3.05) is 38.0 Å². The van der Waals surface area contributed by atoms with Crippen LogP contribution in [0.25, 0.3) is 11.3 Å². The lowest BCUT2D eigenvalue weighted by atomic mass is 10.1. The summed E-state index contributed by atoms with van der Waals surface area (Å²) in [5.74, 6) is 0.747. The van der Waals surface area contributed by atoms with Crippen molar-refractivity contribution in [2.24, 2.45) is 0 Å². The zero-order chi connectivity index (χ0) is 20.5. The van der Waals surface area contributed by atoms with E-state index < -0.39 is 5.97 Å². The van der Waals surface area contributed by atoms with Gasteiger partial charge in [-0.25, -0.2) is 9.78 Å². The molecule has 0 bridgehead atoms. The molecule has 2 aromatic carbocycles. The van der Waals surface area contributed by atoms with E-state index in [1.54, 1.807) is 25.3 Å². The van der Waals surface area contributed by atoms with Crippen molar-refractivity contribution in [1.82, 2.24) is 9.97 Å². The van der Waals surface area contributed by atoms with E-state index in [4.69, 9.17) is 9.47 Å². The van der Waals surface area contributed by atoms with Gasteiger partial charge < -0.3 is 20.1 Å². The van der Waals surface area contributed by atoms with Crippen LogP contribution in [0.5, 0.6) is 0 Å². The Hall–Kier alpha value is -3.45. The summed E-state index contributed by atoms with van der Waals surface area (Å²) in [5, 5.41) is 6.49. The Labute approximate surface area is 170 Å². The van der Waals surface area contributed by atoms with Crippen molar-refractivity contribution in [3.63, 3.8) is 0 Å². The molecule has 0 spiro atoms. The van der Waals surface area contributed by atoms with Gasteiger partial charge in [0.2, 0.25) is 5.95 Å². The Kier molecular flexibility index (Phi) is 7.13. The number of hydrogen-bond acceptors (Lipinski definition) is 7. The van der Waals surface area contributed by atoms with Crippen LogP contribution in [0.3, 0.4) is 0 Å². The fourth-order valence-corrected chi connectivity index (χ4v) is 2.75. The van der Waals surface area contributed by atoms with Gasteiger partial charge in [-0.3, -0.25) is 0 Å². The number of carbonyl (C=O) groups is 1. The number of aromatic nitrogens is 2. The lowest BCUT2D eigenvalue weighted by Crippen LogP contribution is -2.08. The quantitative estimate of drug-likeness (QED) is 0.418. The molecule has 7 heteroatoms. The summed E-state index contributed by atoms with van der Waals surface area (Å²) in [7, 11) is 3.04. The van der Waals surface area contributed by atoms with Gasteiger partial charge >= 0.3 is 5.97 Å². The molecule has 1 aromatic heterocycles. The lowest BCUT2D eigenvalue weighted by molar-refractivity contribution is 0.0601. The first-order chi connectivity index (χ1) is 14.2. The summed E-state index contributed by atoms with van der Waals surface area (Å²) < 4.78 is 9.88. The number of rotatable bonds is 9. The standard InChI is InChI=1S/C22H24N4O3/c1-28-13-7-12-23-20-15-19(16-8-4-3-5-9-16)25-22(26-20)24-18-11-6-10-17(14-18)21(27)29-2/h3-6,8-11,14-15H,7,12-13H2,1-2H3,(H2,23,24,25,26). The zero-order valence-electron chi connectivity index (χ0n) is 16.5. The van der Waals surface area contributed by atoms with E-state index in [0.29, 0.717) is 29.6 Å². The molecule has 0 fully saturated rings. The summed E-state index contributed by atoms with van der Waals surface area (Å²) >= 11 is 0. The molecule has 2 N–H and O–H groups in total. The van der Waals surface area contributed by atoms with Gasteiger partial charge in [-0.1, -0.05) is 36.4 Å². The zero-order valence-corrected chi connectivity index (χ0v) is 16.5. The normalized spacial score (nSPS) is 10.4. The second-order valence-electron chi connectivity index (χ2n) is 6.30. The lowest BCUT2D eigenvalue weighted by Gasteiger charge is -2.12. The van der Waals surface area contributed by atoms with Crippen LogP contribution in [0.15, 0.2) is 60.7 Å². The van der Waals surface area contributed by atoms with Gasteiger partial charge in [0.15, 0.2) is 0 Å². The minimum absolute atomic E-state index is 0.395. The van der Waals surface area contributed by atoms with Crippen molar-refractivity contribution < 1.29 is 14.3 Å². The van der Waals surface area contributed by atoms with E-state index in [2.05, 4.69) is 20.6 Å². The van der Waals surface area contributed by atoms with E-state index in [1.165, 1.54) is 7.11 Å². The van der Waals surface area contributed by atoms with Crippen LogP contribution in [0, 0.1) is 0 Å². The van der Waals surface area contributed by atoms with Crippen molar-refractivity contribution in [1.29, 1.82) is 0 Å². The van der Waals surface area contributed by atoms with Crippen LogP contribution < -0.4 is 10.6 Å². The molecule has 0 aliphatic heterocycles. The van der Waals surface area contributed by atoms with E-state index in [-0.39, 0.29) is 0 Å². The average molecular weight is 392 g/mol. The molecule has 0 aliphatic carbocycles. The number of hydrogen-bond donors (Lipinski definition) is 2. The molecule has 7 nitrogen and oxygen atoms in total. The molecule has 0 atom stereocenters. The summed E-state index contributed by atoms with van der Waals surface area (Å²) in [6.45, 7) is 1.41. The first-order valence-corrected chi connectivity index (χ1v) is 9.32. The van der Waals surface area contributed by atoms with Crippen molar-refractivity contribution in [3.8, 4) is 11.3 Å². The van der Waals surface area contributed by atoms with E-state index in [9.17, 15) is 4.79 Å². The summed E-state index contributed by atoms with van der Waals surface area (Å²) in [6.07, 6.45) is 0.866. The SMILES string of the molecule is COCCCNc1cc(-c2ccccc2)nc(Nc2cccc(C(=O)OC)c2)n1. The van der Waals surface area contributed by atoms with Crippen LogP contribution in [0.2, 0.25) is 0 Å². The van der Waals surface area contributed by atoms with Crippen molar-refractivity contribution in [3.05, 3.63) is 66.2 Å². The molecule has 3 aromatic rings. The number of ether oxygens (including phenoxy) is 2. The van der Waals surface area contributed by atoms with Crippen LogP contribution in [-0.4, -0.2) is 43.3 Å². The molecule has 1 heterocycles. The molecule has 150 valence electrons. The number of benzene rings is 2. The molecular weight excluding hydrogens is 368 g/mol. The summed E-state index contributed by atoms with van der Waals surface area (Å²) in [6, 6.07) is 18.8. The molecule has 0 saturated heterocycles. The third-order valence-corrected chi connectivity index (χ3v) is 4.17. The largest absolute Gasteiger partial charge is 0.465 e. The topological polar surface area (TPSA) is 85.4 Å². The minimum Gasteiger partial charge on any atom is -0.465 e. The van der Waals surface area contributed by atoms with Gasteiger partial charge in [0.25, 0.3) is 0 Å². The third-order valence-electron chi connectivity index (χ3n) is 4.17. The Bertz CT molecular complexity index is 948. The summed E-state index contributed by atoms with van der Waals surface area (Å²) in [5.41, 5.74) is 2.93. The van der Waals surface area contributed by atoms with Gasteiger partial charge in [-0.05, 0) is 24.6 Å². The maximum atomic E-state index is 11.8. The van der Waals surface area contributed by atoms with Crippen LogP contribution in [0.1, 0.15) is 16.8 Å². The highest BCUT2D eigenvalue weighted by molar-refractivity contribution is 5.90. The maximum Gasteiger partial charge on any atom is 0.337 e. The average Bonchev–Trinajstić information content (AvgIpc) is 2.77. The predicted octanol–water partition coefficient (Wildman–Crippen LogP) is 4.12. The molecule has 0 saturated carbocycles. The second kappa shape index (κ2) is 10.2. The fraction of sp³-hybridized carbons (Fsp3) is 0.227. The molecule has 0 amide bonds. The number of esters is 1. The number of methoxy groups -OCH3 is 2. The number of carbonyl (C=O) groups excluding carboxylic acids is 1. The maximum absolute atomic E-state index is 11.8. The molecule has 0 aliphatic rings. The fourth-order valence-electron chi connectivity index (χ4n) is 2.75. The Morgan fingerprint density at radius 2 is 1.83 bits per heavy atom. The minimum atomic E-state index is -0.395. The first-order valence-electron chi connectivity index (χ1n) is 9.32. The van der Waals surface area contributed by atoms with E-state index >= 15 is 0 Å². The smallest absolute Gasteiger partial charge is 0.337 e. The summed E-state index contributed by atoms with van der Waals surface area (Å²) in [4.78, 5) is 21.0. The van der Waals surface area contributed by atoms with Gasteiger partial charge in [-0.2, -0.15) is 4.98 Å². The highest BCUT2D eigenvalue weighted by atomic mass is 16.5. The van der Waals surface area contributed by atoms with Crippen molar-refractivity contribution in [2.45, 2.75) is 6.42 Å². The highest BCUT2D eigenvalue weighted by Gasteiger charge is 2.09. The van der Waals surface area contributed by atoms with Crippen LogP contribution in [0.4, 0.5) is 17.5 Å². The predicted molar refractivity (Wildman–Crippen MR) is 114 cm³/mol. The Balaban J connectivity index is 1.87. The van der Waals surface area contributed by atoms with Gasteiger partial charge in [0.05, 0.1) is 18.4 Å². The molecular formula is C22H24N4O3. The van der Waals surface area contributed by atoms with Gasteiger partial charge in [-0.15, -0.1) is 0 Å². The molecule has 29 heavy (non-hydrogen) atoms. The van der Waals surface area contributed by atoms with Crippen LogP contribution >= 0.6 is 0 Å².